The van der Waals surface area contributed by atoms with Crippen LogP contribution in [-0.4, -0.2) is 35.9 Å². The third kappa shape index (κ3) is 6.87. The minimum atomic E-state index is -0.765. The zero-order valence-electron chi connectivity index (χ0n) is 18.4. The summed E-state index contributed by atoms with van der Waals surface area (Å²) in [4.78, 5) is 26.9. The van der Waals surface area contributed by atoms with Crippen molar-refractivity contribution in [1.29, 1.82) is 0 Å². The molecule has 0 saturated carbocycles. The number of rotatable bonds is 9. The Morgan fingerprint density at radius 3 is 2.30 bits per heavy atom. The average Bonchev–Trinajstić information content (AvgIpc) is 2.68. The van der Waals surface area contributed by atoms with Crippen molar-refractivity contribution < 1.29 is 18.7 Å². The Labute approximate surface area is 178 Å². The van der Waals surface area contributed by atoms with Gasteiger partial charge in [-0.1, -0.05) is 38.1 Å². The van der Waals surface area contributed by atoms with Gasteiger partial charge in [0.2, 0.25) is 5.91 Å². The van der Waals surface area contributed by atoms with Crippen LogP contribution in [0.15, 0.2) is 42.5 Å². The first kappa shape index (κ1) is 23.4. The molecule has 0 heterocycles. The van der Waals surface area contributed by atoms with Crippen LogP contribution in [0.2, 0.25) is 0 Å². The van der Waals surface area contributed by atoms with E-state index in [-0.39, 0.29) is 30.9 Å². The predicted octanol–water partition coefficient (Wildman–Crippen LogP) is 4.01. The Bertz CT molecular complexity index is 862. The SMILES string of the molecule is Cc1cc(C)cc(OCC(=O)N(Cc2ccccc2F)C(C)C(=O)NCC(C)C)c1. The van der Waals surface area contributed by atoms with Crippen molar-refractivity contribution in [3.05, 3.63) is 65.0 Å². The monoisotopic (exact) mass is 414 g/mol. The number of hydrogen-bond acceptors (Lipinski definition) is 3. The number of nitrogens with one attached hydrogen (secondary N) is 1. The van der Waals surface area contributed by atoms with Crippen LogP contribution in [-0.2, 0) is 16.1 Å². The third-order valence-electron chi connectivity index (χ3n) is 4.71. The lowest BCUT2D eigenvalue weighted by atomic mass is 10.1. The molecule has 2 rings (SSSR count). The predicted molar refractivity (Wildman–Crippen MR) is 116 cm³/mol. The van der Waals surface area contributed by atoms with Gasteiger partial charge in [0.1, 0.15) is 17.6 Å². The zero-order valence-corrected chi connectivity index (χ0v) is 18.4. The topological polar surface area (TPSA) is 58.6 Å². The molecule has 0 aromatic heterocycles. The molecule has 1 unspecified atom stereocenters. The van der Waals surface area contributed by atoms with Gasteiger partial charge in [-0.15, -0.1) is 0 Å². The van der Waals surface area contributed by atoms with Crippen molar-refractivity contribution in [2.24, 2.45) is 5.92 Å². The molecule has 5 nitrogen and oxygen atoms in total. The molecule has 6 heteroatoms. The standard InChI is InChI=1S/C24H31FN2O3/c1-16(2)13-26-24(29)19(5)27(14-20-8-6-7-9-22(20)25)23(28)15-30-21-11-17(3)10-18(4)12-21/h6-12,16,19H,13-15H2,1-5H3,(H,26,29). The van der Waals surface area contributed by atoms with Gasteiger partial charge in [0.25, 0.3) is 5.91 Å². The molecule has 0 saturated heterocycles. The fourth-order valence-electron chi connectivity index (χ4n) is 3.09. The van der Waals surface area contributed by atoms with Crippen LogP contribution in [0.3, 0.4) is 0 Å². The lowest BCUT2D eigenvalue weighted by Crippen LogP contribution is -2.49. The van der Waals surface area contributed by atoms with E-state index in [4.69, 9.17) is 4.74 Å². The highest BCUT2D eigenvalue weighted by Gasteiger charge is 2.27. The van der Waals surface area contributed by atoms with Crippen LogP contribution in [0.5, 0.6) is 5.75 Å². The van der Waals surface area contributed by atoms with Gasteiger partial charge in [-0.3, -0.25) is 9.59 Å². The molecule has 0 aliphatic rings. The van der Waals surface area contributed by atoms with Crippen LogP contribution >= 0.6 is 0 Å². The molecule has 0 spiro atoms. The van der Waals surface area contributed by atoms with E-state index in [1.54, 1.807) is 25.1 Å². The summed E-state index contributed by atoms with van der Waals surface area (Å²) in [7, 11) is 0. The Morgan fingerprint density at radius 2 is 1.70 bits per heavy atom. The Morgan fingerprint density at radius 1 is 1.07 bits per heavy atom. The first-order valence-corrected chi connectivity index (χ1v) is 10.2. The Hall–Kier alpha value is -2.89. The van der Waals surface area contributed by atoms with Gasteiger partial charge in [-0.25, -0.2) is 4.39 Å². The van der Waals surface area contributed by atoms with Crippen LogP contribution in [0.1, 0.15) is 37.5 Å². The summed E-state index contributed by atoms with van der Waals surface area (Å²) >= 11 is 0. The second kappa shape index (κ2) is 10.8. The fourth-order valence-corrected chi connectivity index (χ4v) is 3.09. The van der Waals surface area contributed by atoms with Crippen LogP contribution in [0, 0.1) is 25.6 Å². The lowest BCUT2D eigenvalue weighted by molar-refractivity contribution is -0.142. The molecule has 2 aromatic rings. The summed E-state index contributed by atoms with van der Waals surface area (Å²) in [5, 5.41) is 2.84. The Balaban J connectivity index is 2.17. The van der Waals surface area contributed by atoms with E-state index in [1.165, 1.54) is 11.0 Å². The van der Waals surface area contributed by atoms with E-state index in [0.717, 1.165) is 11.1 Å². The molecule has 0 fully saturated rings. The van der Waals surface area contributed by atoms with Crippen molar-refractivity contribution in [3.63, 3.8) is 0 Å². The fraction of sp³-hybridized carbons (Fsp3) is 0.417. The van der Waals surface area contributed by atoms with Gasteiger partial charge in [-0.05, 0) is 56.0 Å². The number of aryl methyl sites for hydroxylation is 2. The quantitative estimate of drug-likeness (QED) is 0.674. The first-order chi connectivity index (χ1) is 14.2. The van der Waals surface area contributed by atoms with Gasteiger partial charge in [-0.2, -0.15) is 0 Å². The largest absolute Gasteiger partial charge is 0.484 e. The molecule has 0 aliphatic heterocycles. The maximum Gasteiger partial charge on any atom is 0.261 e. The number of carbonyl (C=O) groups excluding carboxylic acids is 2. The van der Waals surface area contributed by atoms with E-state index in [1.807, 2.05) is 45.9 Å². The second-order valence-corrected chi connectivity index (χ2v) is 8.04. The minimum absolute atomic E-state index is 0.0159. The Kier molecular flexibility index (Phi) is 8.39. The molecule has 1 atom stereocenters. The van der Waals surface area contributed by atoms with Crippen molar-refractivity contribution >= 4 is 11.8 Å². The molecule has 1 N–H and O–H groups in total. The molecule has 30 heavy (non-hydrogen) atoms. The number of hydrogen-bond donors (Lipinski definition) is 1. The summed E-state index contributed by atoms with van der Waals surface area (Å²) in [6.07, 6.45) is 0. The number of amides is 2. The number of nitrogens with zero attached hydrogens (tertiary/aromatic N) is 1. The van der Waals surface area contributed by atoms with Crippen molar-refractivity contribution in [2.45, 2.75) is 47.2 Å². The first-order valence-electron chi connectivity index (χ1n) is 10.2. The maximum absolute atomic E-state index is 14.2. The summed E-state index contributed by atoms with van der Waals surface area (Å²) in [5.74, 6) is -0.210. The highest BCUT2D eigenvalue weighted by Crippen LogP contribution is 2.17. The molecule has 0 aliphatic carbocycles. The smallest absolute Gasteiger partial charge is 0.261 e. The van der Waals surface area contributed by atoms with E-state index < -0.39 is 11.9 Å². The molecule has 0 bridgehead atoms. The summed E-state index contributed by atoms with van der Waals surface area (Å²) in [6, 6.07) is 11.2. The minimum Gasteiger partial charge on any atom is -0.484 e. The van der Waals surface area contributed by atoms with Gasteiger partial charge in [0, 0.05) is 18.7 Å². The number of benzene rings is 2. The summed E-state index contributed by atoms with van der Waals surface area (Å²) in [5.41, 5.74) is 2.41. The van der Waals surface area contributed by atoms with Crippen molar-refractivity contribution in [1.82, 2.24) is 10.2 Å². The summed E-state index contributed by atoms with van der Waals surface area (Å²) < 4.78 is 19.9. The maximum atomic E-state index is 14.2. The third-order valence-corrected chi connectivity index (χ3v) is 4.71. The van der Waals surface area contributed by atoms with Crippen LogP contribution in [0.25, 0.3) is 0 Å². The van der Waals surface area contributed by atoms with E-state index >= 15 is 0 Å². The average molecular weight is 415 g/mol. The van der Waals surface area contributed by atoms with E-state index in [9.17, 15) is 14.0 Å². The summed E-state index contributed by atoms with van der Waals surface area (Å²) in [6.45, 7) is 9.78. The van der Waals surface area contributed by atoms with E-state index in [0.29, 0.717) is 17.9 Å². The number of halogens is 1. The molecule has 162 valence electrons. The molecular weight excluding hydrogens is 383 g/mol. The molecule has 2 aromatic carbocycles. The lowest BCUT2D eigenvalue weighted by Gasteiger charge is -2.29. The molecule has 0 radical (unpaired) electrons. The molecule has 2 amide bonds. The highest BCUT2D eigenvalue weighted by atomic mass is 19.1. The van der Waals surface area contributed by atoms with Gasteiger partial charge in [0.15, 0.2) is 6.61 Å². The van der Waals surface area contributed by atoms with Crippen LogP contribution < -0.4 is 10.1 Å². The number of carbonyl (C=O) groups is 2. The van der Waals surface area contributed by atoms with Gasteiger partial charge >= 0.3 is 0 Å². The van der Waals surface area contributed by atoms with Crippen molar-refractivity contribution in [3.8, 4) is 5.75 Å². The van der Waals surface area contributed by atoms with Crippen molar-refractivity contribution in [2.75, 3.05) is 13.2 Å². The second-order valence-electron chi connectivity index (χ2n) is 8.04. The van der Waals surface area contributed by atoms with Gasteiger partial charge < -0.3 is 15.0 Å². The number of ether oxygens (including phenoxy) is 1. The van der Waals surface area contributed by atoms with Crippen LogP contribution in [0.4, 0.5) is 4.39 Å². The zero-order chi connectivity index (χ0) is 22.3. The molecular formula is C24H31FN2O3. The normalized spacial score (nSPS) is 11.8. The highest BCUT2D eigenvalue weighted by molar-refractivity contribution is 5.88. The van der Waals surface area contributed by atoms with Gasteiger partial charge in [0.05, 0.1) is 0 Å². The van der Waals surface area contributed by atoms with E-state index in [2.05, 4.69) is 5.32 Å².